The van der Waals surface area contributed by atoms with Gasteiger partial charge in [0.15, 0.2) is 5.13 Å². The Bertz CT molecular complexity index is 732. The fourth-order valence-corrected chi connectivity index (χ4v) is 3.43. The van der Waals surface area contributed by atoms with Crippen LogP contribution in [0.3, 0.4) is 0 Å². The van der Waals surface area contributed by atoms with Crippen LogP contribution < -0.4 is 10.7 Å². The van der Waals surface area contributed by atoms with Gasteiger partial charge in [-0.3, -0.25) is 14.9 Å². The molecule has 0 aliphatic carbocycles. The molecule has 0 unspecified atom stereocenters. The molecule has 2 N–H and O–H groups in total. The molecule has 21 heavy (non-hydrogen) atoms. The van der Waals surface area contributed by atoms with Gasteiger partial charge in [-0.05, 0) is 19.1 Å². The lowest BCUT2D eigenvalue weighted by atomic mass is 10.2. The summed E-state index contributed by atoms with van der Waals surface area (Å²) in [6.45, 7) is 2.04. The molecule has 6 nitrogen and oxygen atoms in total. The largest absolute Gasteiger partial charge is 0.297 e. The van der Waals surface area contributed by atoms with Crippen molar-refractivity contribution in [2.24, 2.45) is 5.10 Å². The van der Waals surface area contributed by atoms with Gasteiger partial charge in [0.2, 0.25) is 5.91 Å². The molecule has 0 fully saturated rings. The molecular weight excluding hydrogens is 308 g/mol. The maximum absolute atomic E-state index is 12.0. The van der Waals surface area contributed by atoms with E-state index in [2.05, 4.69) is 20.8 Å². The molecule has 0 bridgehead atoms. The molecule has 1 aliphatic heterocycles. The Morgan fingerprint density at radius 2 is 2.24 bits per heavy atom. The summed E-state index contributed by atoms with van der Waals surface area (Å²) in [6, 6.07) is 4.05. The van der Waals surface area contributed by atoms with Crippen molar-refractivity contribution in [2.75, 3.05) is 5.32 Å². The topological polar surface area (TPSA) is 83.5 Å². The Kier molecular flexibility index (Phi) is 3.80. The van der Waals surface area contributed by atoms with Crippen LogP contribution in [0.4, 0.5) is 5.13 Å². The summed E-state index contributed by atoms with van der Waals surface area (Å²) in [4.78, 5) is 29.7. The summed E-state index contributed by atoms with van der Waals surface area (Å²) in [5.74, 6) is -0.491. The standard InChI is InChI=1S/C13H12N4O2S2/c1-7-2-4-10(21-7)9-6-20-13(14-9)15-12(19)8-3-5-11(18)17-16-8/h2,4,6H,3,5H2,1H3,(H,17,18)(H,14,15,19). The number of hydrazone groups is 1. The molecule has 0 aromatic carbocycles. The summed E-state index contributed by atoms with van der Waals surface area (Å²) in [5, 5.41) is 8.91. The quantitative estimate of drug-likeness (QED) is 0.911. The van der Waals surface area contributed by atoms with E-state index in [1.807, 2.05) is 24.4 Å². The van der Waals surface area contributed by atoms with E-state index < -0.39 is 0 Å². The minimum atomic E-state index is -0.321. The smallest absolute Gasteiger partial charge is 0.273 e. The number of thiazole rings is 1. The minimum Gasteiger partial charge on any atom is -0.297 e. The van der Waals surface area contributed by atoms with Crippen molar-refractivity contribution in [2.45, 2.75) is 19.8 Å². The summed E-state index contributed by atoms with van der Waals surface area (Å²) in [6.07, 6.45) is 0.629. The SMILES string of the molecule is Cc1ccc(-c2csc(NC(=O)C3=NNC(=O)CC3)n2)s1. The fourth-order valence-electron chi connectivity index (χ4n) is 1.82. The normalized spacial score (nSPS) is 14.5. The average Bonchev–Trinajstić information content (AvgIpc) is 3.08. The first-order valence-corrected chi connectivity index (χ1v) is 8.00. The van der Waals surface area contributed by atoms with E-state index >= 15 is 0 Å². The van der Waals surface area contributed by atoms with E-state index in [0.717, 1.165) is 10.6 Å². The van der Waals surface area contributed by atoms with Gasteiger partial charge in [-0.15, -0.1) is 22.7 Å². The van der Waals surface area contributed by atoms with Crippen LogP contribution in [0, 0.1) is 6.92 Å². The zero-order valence-electron chi connectivity index (χ0n) is 11.2. The van der Waals surface area contributed by atoms with Gasteiger partial charge in [0.1, 0.15) is 5.71 Å². The minimum absolute atomic E-state index is 0.170. The van der Waals surface area contributed by atoms with Crippen molar-refractivity contribution in [3.8, 4) is 10.6 Å². The van der Waals surface area contributed by atoms with Gasteiger partial charge in [-0.25, -0.2) is 10.4 Å². The van der Waals surface area contributed by atoms with Crippen LogP contribution in [0.2, 0.25) is 0 Å². The number of nitrogens with zero attached hydrogens (tertiary/aromatic N) is 2. The monoisotopic (exact) mass is 320 g/mol. The Morgan fingerprint density at radius 1 is 1.38 bits per heavy atom. The van der Waals surface area contributed by atoms with Crippen LogP contribution in [0.15, 0.2) is 22.6 Å². The number of rotatable bonds is 3. The van der Waals surface area contributed by atoms with Crippen molar-refractivity contribution >= 4 is 45.3 Å². The van der Waals surface area contributed by atoms with Crippen LogP contribution in [0.5, 0.6) is 0 Å². The zero-order chi connectivity index (χ0) is 14.8. The molecule has 0 saturated heterocycles. The number of aromatic nitrogens is 1. The molecule has 0 radical (unpaired) electrons. The maximum Gasteiger partial charge on any atom is 0.273 e. The molecule has 3 heterocycles. The van der Waals surface area contributed by atoms with Gasteiger partial charge in [-0.2, -0.15) is 5.10 Å². The first kappa shape index (κ1) is 13.9. The predicted molar refractivity (Wildman–Crippen MR) is 83.6 cm³/mol. The summed E-state index contributed by atoms with van der Waals surface area (Å²) in [5.41, 5.74) is 3.48. The third-order valence-corrected chi connectivity index (χ3v) is 4.66. The third kappa shape index (κ3) is 3.17. The van der Waals surface area contributed by atoms with Crippen molar-refractivity contribution in [3.05, 3.63) is 22.4 Å². The van der Waals surface area contributed by atoms with Crippen molar-refractivity contribution in [1.82, 2.24) is 10.4 Å². The first-order chi connectivity index (χ1) is 10.1. The Hall–Kier alpha value is -2.06. The highest BCUT2D eigenvalue weighted by molar-refractivity contribution is 7.17. The van der Waals surface area contributed by atoms with Crippen molar-refractivity contribution in [3.63, 3.8) is 0 Å². The summed E-state index contributed by atoms with van der Waals surface area (Å²) < 4.78 is 0. The van der Waals surface area contributed by atoms with Crippen molar-refractivity contribution < 1.29 is 9.59 Å². The second kappa shape index (κ2) is 5.74. The lowest BCUT2D eigenvalue weighted by molar-refractivity contribution is -0.121. The fraction of sp³-hybridized carbons (Fsp3) is 0.231. The Morgan fingerprint density at radius 3 is 2.90 bits per heavy atom. The first-order valence-electron chi connectivity index (χ1n) is 6.31. The molecule has 1 aliphatic rings. The highest BCUT2D eigenvalue weighted by atomic mass is 32.1. The number of thiophene rings is 1. The van der Waals surface area contributed by atoms with Gasteiger partial charge >= 0.3 is 0 Å². The van der Waals surface area contributed by atoms with Crippen LogP contribution >= 0.6 is 22.7 Å². The molecule has 2 amide bonds. The molecule has 8 heteroatoms. The molecule has 2 aromatic heterocycles. The maximum atomic E-state index is 12.0. The third-order valence-electron chi connectivity index (χ3n) is 2.88. The van der Waals surface area contributed by atoms with Gasteiger partial charge in [0.05, 0.1) is 10.6 Å². The van der Waals surface area contributed by atoms with Gasteiger partial charge < -0.3 is 0 Å². The van der Waals surface area contributed by atoms with E-state index in [1.54, 1.807) is 11.3 Å². The molecule has 108 valence electrons. The average molecular weight is 320 g/mol. The van der Waals surface area contributed by atoms with E-state index in [9.17, 15) is 9.59 Å². The second-order valence-electron chi connectivity index (χ2n) is 4.50. The Labute approximate surface area is 128 Å². The van der Waals surface area contributed by atoms with E-state index in [0.29, 0.717) is 17.3 Å². The van der Waals surface area contributed by atoms with Gasteiger partial charge in [0.25, 0.3) is 5.91 Å². The molecule has 0 saturated carbocycles. The molecular formula is C13H12N4O2S2. The number of amides is 2. The summed E-state index contributed by atoms with van der Waals surface area (Å²) in [7, 11) is 0. The van der Waals surface area contributed by atoms with E-state index in [-0.39, 0.29) is 18.2 Å². The number of hydrogen-bond acceptors (Lipinski definition) is 6. The van der Waals surface area contributed by atoms with Crippen LogP contribution in [0.1, 0.15) is 17.7 Å². The number of nitrogens with one attached hydrogen (secondary N) is 2. The molecule has 2 aromatic rings. The second-order valence-corrected chi connectivity index (χ2v) is 6.64. The predicted octanol–water partition coefficient (Wildman–Crippen LogP) is 2.38. The number of aryl methyl sites for hydroxylation is 1. The summed E-state index contributed by atoms with van der Waals surface area (Å²) >= 11 is 3.03. The number of anilines is 1. The lowest BCUT2D eigenvalue weighted by Gasteiger charge is -2.10. The lowest BCUT2D eigenvalue weighted by Crippen LogP contribution is -2.32. The highest BCUT2D eigenvalue weighted by Gasteiger charge is 2.19. The van der Waals surface area contributed by atoms with Crippen LogP contribution in [-0.2, 0) is 9.59 Å². The van der Waals surface area contributed by atoms with Crippen LogP contribution in [-0.4, -0.2) is 22.5 Å². The highest BCUT2D eigenvalue weighted by Crippen LogP contribution is 2.30. The van der Waals surface area contributed by atoms with E-state index in [1.165, 1.54) is 16.2 Å². The number of carbonyl (C=O) groups excluding carboxylic acids is 2. The van der Waals surface area contributed by atoms with Gasteiger partial charge in [0, 0.05) is 23.1 Å². The van der Waals surface area contributed by atoms with Gasteiger partial charge in [-0.1, -0.05) is 0 Å². The number of carbonyl (C=O) groups is 2. The van der Waals surface area contributed by atoms with Crippen molar-refractivity contribution in [1.29, 1.82) is 0 Å². The molecule has 3 rings (SSSR count). The Balaban J connectivity index is 1.70. The van der Waals surface area contributed by atoms with E-state index in [4.69, 9.17) is 0 Å². The van der Waals surface area contributed by atoms with Crippen LogP contribution in [0.25, 0.3) is 10.6 Å². The zero-order valence-corrected chi connectivity index (χ0v) is 12.8. The molecule has 0 atom stereocenters. The number of hydrogen-bond donors (Lipinski definition) is 2. The molecule has 0 spiro atoms.